The highest BCUT2D eigenvalue weighted by Crippen LogP contribution is 2.25. The number of likely N-dealkylation sites (N-methyl/N-ethyl adjacent to an activating group) is 1. The summed E-state index contributed by atoms with van der Waals surface area (Å²) in [5, 5.41) is 12.1. The van der Waals surface area contributed by atoms with E-state index in [0.717, 1.165) is 13.0 Å². The molecular formula is C12H23N3O3. The fraction of sp³-hybridized carbons (Fsp3) is 0.833. The number of carboxylic acids is 1. The summed E-state index contributed by atoms with van der Waals surface area (Å²) in [4.78, 5) is 26.4. The van der Waals surface area contributed by atoms with Crippen LogP contribution >= 0.6 is 0 Å². The number of carbonyl (C=O) groups excluding carboxylic acids is 1. The third-order valence-corrected chi connectivity index (χ3v) is 3.38. The molecule has 2 N–H and O–H groups in total. The van der Waals surface area contributed by atoms with Crippen molar-refractivity contribution < 1.29 is 14.7 Å². The number of rotatable bonds is 7. The molecule has 18 heavy (non-hydrogen) atoms. The predicted octanol–water partition coefficient (Wildman–Crippen LogP) is -0.397. The van der Waals surface area contributed by atoms with Gasteiger partial charge in [0.1, 0.15) is 0 Å². The molecule has 0 bridgehead atoms. The first-order chi connectivity index (χ1) is 8.41. The highest BCUT2D eigenvalue weighted by atomic mass is 16.4. The Morgan fingerprint density at radius 2 is 1.94 bits per heavy atom. The van der Waals surface area contributed by atoms with E-state index in [0.29, 0.717) is 13.1 Å². The average Bonchev–Trinajstić information content (AvgIpc) is 2.22. The molecule has 0 aromatic carbocycles. The van der Waals surface area contributed by atoms with Crippen molar-refractivity contribution in [2.24, 2.45) is 0 Å². The van der Waals surface area contributed by atoms with E-state index in [1.165, 1.54) is 0 Å². The fourth-order valence-corrected chi connectivity index (χ4v) is 2.21. The van der Waals surface area contributed by atoms with Gasteiger partial charge in [-0.15, -0.1) is 0 Å². The maximum Gasteiger partial charge on any atom is 0.305 e. The SMILES string of the molecule is CCCN(CC(=O)N(C)C)C1(CC(=O)O)CNC1. The van der Waals surface area contributed by atoms with Gasteiger partial charge in [-0.2, -0.15) is 0 Å². The first-order valence-corrected chi connectivity index (χ1v) is 6.29. The molecule has 0 unspecified atom stereocenters. The lowest BCUT2D eigenvalue weighted by atomic mass is 9.86. The van der Waals surface area contributed by atoms with Crippen LogP contribution in [0.5, 0.6) is 0 Å². The lowest BCUT2D eigenvalue weighted by molar-refractivity contribution is -0.144. The van der Waals surface area contributed by atoms with E-state index < -0.39 is 11.5 Å². The molecule has 1 aliphatic heterocycles. The number of amides is 1. The summed E-state index contributed by atoms with van der Waals surface area (Å²) in [7, 11) is 3.44. The first kappa shape index (κ1) is 14.9. The maximum atomic E-state index is 11.8. The van der Waals surface area contributed by atoms with Gasteiger partial charge in [0.2, 0.25) is 5.91 Å². The van der Waals surface area contributed by atoms with Crippen LogP contribution in [0.3, 0.4) is 0 Å². The Balaban J connectivity index is 2.75. The smallest absolute Gasteiger partial charge is 0.305 e. The van der Waals surface area contributed by atoms with Crippen molar-refractivity contribution in [2.75, 3.05) is 40.3 Å². The van der Waals surface area contributed by atoms with Crippen molar-refractivity contribution in [1.29, 1.82) is 0 Å². The van der Waals surface area contributed by atoms with E-state index in [2.05, 4.69) is 5.32 Å². The second-order valence-corrected chi connectivity index (χ2v) is 5.11. The minimum absolute atomic E-state index is 0.0140. The Hall–Kier alpha value is -1.14. The van der Waals surface area contributed by atoms with Gasteiger partial charge in [0.05, 0.1) is 18.5 Å². The van der Waals surface area contributed by atoms with Gasteiger partial charge in [-0.05, 0) is 13.0 Å². The Morgan fingerprint density at radius 3 is 2.28 bits per heavy atom. The van der Waals surface area contributed by atoms with Crippen molar-refractivity contribution in [3.8, 4) is 0 Å². The average molecular weight is 257 g/mol. The van der Waals surface area contributed by atoms with Gasteiger partial charge in [0.15, 0.2) is 0 Å². The van der Waals surface area contributed by atoms with Gasteiger partial charge >= 0.3 is 5.97 Å². The van der Waals surface area contributed by atoms with Crippen molar-refractivity contribution in [3.63, 3.8) is 0 Å². The van der Waals surface area contributed by atoms with Crippen LogP contribution in [0.4, 0.5) is 0 Å². The summed E-state index contributed by atoms with van der Waals surface area (Å²) in [5.41, 5.74) is -0.395. The van der Waals surface area contributed by atoms with Crippen molar-refractivity contribution in [1.82, 2.24) is 15.1 Å². The van der Waals surface area contributed by atoms with Crippen LogP contribution in [0.2, 0.25) is 0 Å². The van der Waals surface area contributed by atoms with Crippen LogP contribution in [0.15, 0.2) is 0 Å². The van der Waals surface area contributed by atoms with Crippen LogP contribution in [-0.4, -0.2) is 72.6 Å². The van der Waals surface area contributed by atoms with Crippen LogP contribution in [0.1, 0.15) is 19.8 Å². The summed E-state index contributed by atoms with van der Waals surface area (Å²) in [6.45, 7) is 4.35. The monoisotopic (exact) mass is 257 g/mol. The molecular weight excluding hydrogens is 234 g/mol. The van der Waals surface area contributed by atoms with Crippen molar-refractivity contribution in [3.05, 3.63) is 0 Å². The van der Waals surface area contributed by atoms with Crippen LogP contribution in [0, 0.1) is 0 Å². The first-order valence-electron chi connectivity index (χ1n) is 6.29. The Morgan fingerprint density at radius 1 is 1.33 bits per heavy atom. The molecule has 0 atom stereocenters. The highest BCUT2D eigenvalue weighted by molar-refractivity contribution is 5.78. The number of aliphatic carboxylic acids is 1. The quantitative estimate of drug-likeness (QED) is 0.649. The van der Waals surface area contributed by atoms with Gasteiger partial charge in [-0.3, -0.25) is 14.5 Å². The van der Waals surface area contributed by atoms with Crippen LogP contribution in [0.25, 0.3) is 0 Å². The molecule has 6 nitrogen and oxygen atoms in total. The zero-order valence-electron chi connectivity index (χ0n) is 11.4. The summed E-state index contributed by atoms with van der Waals surface area (Å²) in [5.74, 6) is -0.796. The number of carboxylic acid groups (broad SMARTS) is 1. The number of nitrogens with one attached hydrogen (secondary N) is 1. The van der Waals surface area contributed by atoms with E-state index in [1.807, 2.05) is 11.8 Å². The van der Waals surface area contributed by atoms with E-state index in [9.17, 15) is 9.59 Å². The van der Waals surface area contributed by atoms with Gasteiger partial charge < -0.3 is 15.3 Å². The van der Waals surface area contributed by atoms with Crippen LogP contribution in [-0.2, 0) is 9.59 Å². The molecule has 1 heterocycles. The molecule has 0 aromatic rings. The lowest BCUT2D eigenvalue weighted by Crippen LogP contribution is -2.70. The molecule has 104 valence electrons. The largest absolute Gasteiger partial charge is 0.481 e. The number of hydrogen-bond donors (Lipinski definition) is 2. The van der Waals surface area contributed by atoms with E-state index in [4.69, 9.17) is 5.11 Å². The molecule has 1 amide bonds. The van der Waals surface area contributed by atoms with Gasteiger partial charge in [-0.1, -0.05) is 6.92 Å². The van der Waals surface area contributed by atoms with Gasteiger partial charge in [0.25, 0.3) is 0 Å². The van der Waals surface area contributed by atoms with Gasteiger partial charge in [-0.25, -0.2) is 0 Å². The normalized spacial score (nSPS) is 17.3. The molecule has 1 saturated heterocycles. The Kier molecular flexibility index (Phi) is 5.10. The Labute approximate surface area is 108 Å². The minimum Gasteiger partial charge on any atom is -0.481 e. The second-order valence-electron chi connectivity index (χ2n) is 5.11. The number of carbonyl (C=O) groups is 2. The minimum atomic E-state index is -0.810. The van der Waals surface area contributed by atoms with Crippen molar-refractivity contribution in [2.45, 2.75) is 25.3 Å². The number of nitrogens with zero attached hydrogens (tertiary/aromatic N) is 2. The number of hydrogen-bond acceptors (Lipinski definition) is 4. The molecule has 0 aromatic heterocycles. The Bertz CT molecular complexity index is 314. The van der Waals surface area contributed by atoms with E-state index in [1.54, 1.807) is 19.0 Å². The third-order valence-electron chi connectivity index (χ3n) is 3.38. The maximum absolute atomic E-state index is 11.8. The lowest BCUT2D eigenvalue weighted by Gasteiger charge is -2.50. The molecule has 0 saturated carbocycles. The van der Waals surface area contributed by atoms with E-state index in [-0.39, 0.29) is 18.9 Å². The zero-order chi connectivity index (χ0) is 13.8. The predicted molar refractivity (Wildman–Crippen MR) is 68.4 cm³/mol. The van der Waals surface area contributed by atoms with Crippen molar-refractivity contribution >= 4 is 11.9 Å². The second kappa shape index (κ2) is 6.15. The third kappa shape index (κ3) is 3.43. The highest BCUT2D eigenvalue weighted by Gasteiger charge is 2.44. The molecule has 6 heteroatoms. The molecule has 1 aliphatic rings. The molecule has 0 radical (unpaired) electrons. The zero-order valence-corrected chi connectivity index (χ0v) is 11.4. The standard InChI is InChI=1S/C12H23N3O3/c1-4-5-15(7-10(16)14(2)3)12(6-11(17)18)8-13-9-12/h13H,4-9H2,1-3H3,(H,17,18). The van der Waals surface area contributed by atoms with E-state index >= 15 is 0 Å². The fourth-order valence-electron chi connectivity index (χ4n) is 2.21. The van der Waals surface area contributed by atoms with Crippen LogP contribution < -0.4 is 5.32 Å². The molecule has 0 spiro atoms. The molecule has 1 rings (SSSR count). The summed E-state index contributed by atoms with van der Waals surface area (Å²) in [6.07, 6.45) is 0.989. The molecule has 0 aliphatic carbocycles. The summed E-state index contributed by atoms with van der Waals surface area (Å²) < 4.78 is 0. The molecule has 1 fully saturated rings. The summed E-state index contributed by atoms with van der Waals surface area (Å²) in [6, 6.07) is 0. The summed E-state index contributed by atoms with van der Waals surface area (Å²) >= 11 is 0. The topological polar surface area (TPSA) is 72.9 Å². The van der Waals surface area contributed by atoms with Gasteiger partial charge in [0, 0.05) is 27.2 Å².